The van der Waals surface area contributed by atoms with E-state index in [1.807, 2.05) is 0 Å². The highest BCUT2D eigenvalue weighted by Gasteiger charge is 2.44. The number of ether oxygens (including phenoxy) is 1. The predicted molar refractivity (Wildman–Crippen MR) is 65.5 cm³/mol. The van der Waals surface area contributed by atoms with Crippen LogP contribution in [0, 0.1) is 6.92 Å². The Morgan fingerprint density at radius 3 is 2.40 bits per heavy atom. The Morgan fingerprint density at radius 1 is 1.35 bits per heavy atom. The molecule has 1 rings (SSSR count). The second kappa shape index (κ2) is 5.98. The maximum Gasteiger partial charge on any atom is 0.461 e. The smallest absolute Gasteiger partial charge is 0.428 e. The predicted octanol–water partition coefficient (Wildman–Crippen LogP) is 3.33. The van der Waals surface area contributed by atoms with E-state index in [-0.39, 0.29) is 11.3 Å². The van der Waals surface area contributed by atoms with Gasteiger partial charge in [0.1, 0.15) is 5.75 Å². The number of alkyl halides is 4. The molecule has 0 aliphatic heterocycles. The molecular formula is C12H14F4N2O2. The number of benzene rings is 1. The van der Waals surface area contributed by atoms with Crippen LogP contribution in [0.4, 0.5) is 28.0 Å². The lowest BCUT2D eigenvalue weighted by molar-refractivity contribution is -0.253. The Bertz CT molecular complexity index is 492. The van der Waals surface area contributed by atoms with Gasteiger partial charge in [-0.3, -0.25) is 0 Å². The molecule has 0 aliphatic carbocycles. The average Bonchev–Trinajstić information content (AvgIpc) is 2.32. The van der Waals surface area contributed by atoms with Crippen LogP contribution in [0.15, 0.2) is 18.2 Å². The van der Waals surface area contributed by atoms with Gasteiger partial charge in [-0.25, -0.2) is 4.79 Å². The summed E-state index contributed by atoms with van der Waals surface area (Å²) in [6.45, 7) is 1.40. The van der Waals surface area contributed by atoms with Gasteiger partial charge < -0.3 is 15.0 Å². The first-order valence-electron chi connectivity index (χ1n) is 5.57. The van der Waals surface area contributed by atoms with E-state index in [9.17, 15) is 22.4 Å². The Balaban J connectivity index is 2.86. The molecular weight excluding hydrogens is 280 g/mol. The van der Waals surface area contributed by atoms with Gasteiger partial charge in [-0.1, -0.05) is 0 Å². The summed E-state index contributed by atoms with van der Waals surface area (Å²) in [5, 5.41) is 2.49. The number of halogens is 4. The number of carbonyl (C=O) groups excluding carboxylic acids is 1. The first-order valence-corrected chi connectivity index (χ1v) is 5.57. The fourth-order valence-corrected chi connectivity index (χ4v) is 1.27. The third kappa shape index (κ3) is 4.01. The molecule has 0 bridgehead atoms. The third-order valence-electron chi connectivity index (χ3n) is 2.33. The highest BCUT2D eigenvalue weighted by atomic mass is 19.3. The summed E-state index contributed by atoms with van der Waals surface area (Å²) in [7, 11) is 3.06. The Kier molecular flexibility index (Phi) is 4.80. The van der Waals surface area contributed by atoms with Crippen LogP contribution in [-0.4, -0.2) is 37.6 Å². The van der Waals surface area contributed by atoms with Gasteiger partial charge >= 0.3 is 18.6 Å². The molecule has 0 saturated carbocycles. The lowest BCUT2D eigenvalue weighted by atomic mass is 10.2. The zero-order chi connectivity index (χ0) is 15.5. The van der Waals surface area contributed by atoms with Crippen molar-refractivity contribution in [2.75, 3.05) is 19.4 Å². The van der Waals surface area contributed by atoms with Crippen LogP contribution >= 0.6 is 0 Å². The summed E-state index contributed by atoms with van der Waals surface area (Å²) in [5.41, 5.74) is 0.538. The van der Waals surface area contributed by atoms with Crippen molar-refractivity contribution >= 4 is 11.7 Å². The van der Waals surface area contributed by atoms with Crippen LogP contribution in [0.3, 0.4) is 0 Å². The molecule has 0 fully saturated rings. The molecule has 112 valence electrons. The highest BCUT2D eigenvalue weighted by molar-refractivity contribution is 5.89. The van der Waals surface area contributed by atoms with Gasteiger partial charge in [0.15, 0.2) is 0 Å². The molecule has 0 spiro atoms. The molecule has 1 aromatic carbocycles. The zero-order valence-electron chi connectivity index (χ0n) is 11.1. The summed E-state index contributed by atoms with van der Waals surface area (Å²) in [6, 6.07) is 3.32. The lowest BCUT2D eigenvalue weighted by Crippen LogP contribution is -2.33. The van der Waals surface area contributed by atoms with Crippen molar-refractivity contribution < 1.29 is 27.1 Å². The first kappa shape index (κ1) is 16.1. The fraction of sp³-hybridized carbons (Fsp3) is 0.417. The number of amides is 2. The maximum atomic E-state index is 12.8. The minimum Gasteiger partial charge on any atom is -0.428 e. The van der Waals surface area contributed by atoms with Gasteiger partial charge in [-0.2, -0.15) is 17.6 Å². The Hall–Kier alpha value is -1.99. The van der Waals surface area contributed by atoms with E-state index in [1.165, 1.54) is 38.1 Å². The second-order valence-electron chi connectivity index (χ2n) is 4.27. The van der Waals surface area contributed by atoms with Crippen LogP contribution in [0.1, 0.15) is 5.56 Å². The standard InChI is InChI=1S/C12H14F4N2O2/c1-7-6-8(17-11(19)18(2)3)4-5-9(7)20-12(15,16)10(13)14/h4-6,10H,1-3H3,(H,17,19). The van der Waals surface area contributed by atoms with Gasteiger partial charge in [-0.15, -0.1) is 0 Å². The van der Waals surface area contributed by atoms with E-state index in [4.69, 9.17) is 0 Å². The van der Waals surface area contributed by atoms with Gasteiger partial charge in [0.2, 0.25) is 0 Å². The minimum atomic E-state index is -4.56. The van der Waals surface area contributed by atoms with Crippen molar-refractivity contribution in [1.82, 2.24) is 4.90 Å². The molecule has 20 heavy (non-hydrogen) atoms. The molecule has 1 aromatic rings. The summed E-state index contributed by atoms with van der Waals surface area (Å²) < 4.78 is 53.6. The van der Waals surface area contributed by atoms with E-state index in [0.717, 1.165) is 6.07 Å². The number of hydrogen-bond donors (Lipinski definition) is 1. The number of anilines is 1. The van der Waals surface area contributed by atoms with Gasteiger partial charge in [0, 0.05) is 19.8 Å². The molecule has 0 aliphatic rings. The molecule has 0 atom stereocenters. The summed E-state index contributed by atoms with van der Waals surface area (Å²) in [6.07, 6.45) is -8.48. The molecule has 0 aromatic heterocycles. The second-order valence-corrected chi connectivity index (χ2v) is 4.27. The van der Waals surface area contributed by atoms with E-state index in [2.05, 4.69) is 10.1 Å². The zero-order valence-corrected chi connectivity index (χ0v) is 11.1. The van der Waals surface area contributed by atoms with Crippen molar-refractivity contribution in [2.24, 2.45) is 0 Å². The largest absolute Gasteiger partial charge is 0.461 e. The van der Waals surface area contributed by atoms with Gasteiger partial charge in [0.05, 0.1) is 0 Å². The number of urea groups is 1. The summed E-state index contributed by atoms with van der Waals surface area (Å²) in [4.78, 5) is 12.7. The number of carbonyl (C=O) groups is 1. The Labute approximate surface area is 113 Å². The maximum absolute atomic E-state index is 12.8. The van der Waals surface area contributed by atoms with Gasteiger partial charge in [0.25, 0.3) is 0 Å². The third-order valence-corrected chi connectivity index (χ3v) is 2.33. The number of aryl methyl sites for hydroxylation is 1. The van der Waals surface area contributed by atoms with Crippen molar-refractivity contribution in [3.63, 3.8) is 0 Å². The molecule has 4 nitrogen and oxygen atoms in total. The summed E-state index contributed by atoms with van der Waals surface area (Å²) >= 11 is 0. The minimum absolute atomic E-state index is 0.196. The summed E-state index contributed by atoms with van der Waals surface area (Å²) in [5.74, 6) is -0.377. The van der Waals surface area contributed by atoms with Crippen molar-refractivity contribution in [2.45, 2.75) is 19.5 Å². The van der Waals surface area contributed by atoms with Gasteiger partial charge in [-0.05, 0) is 30.7 Å². The number of rotatable bonds is 4. The molecule has 8 heteroatoms. The van der Waals surface area contributed by atoms with Crippen LogP contribution in [-0.2, 0) is 0 Å². The average molecular weight is 294 g/mol. The van der Waals surface area contributed by atoms with Crippen LogP contribution in [0.25, 0.3) is 0 Å². The van der Waals surface area contributed by atoms with E-state index < -0.39 is 18.6 Å². The topological polar surface area (TPSA) is 41.6 Å². The number of nitrogens with one attached hydrogen (secondary N) is 1. The van der Waals surface area contributed by atoms with Crippen LogP contribution < -0.4 is 10.1 Å². The van der Waals surface area contributed by atoms with E-state index >= 15 is 0 Å². The normalized spacial score (nSPS) is 11.4. The molecule has 0 saturated heterocycles. The molecule has 0 heterocycles. The van der Waals surface area contributed by atoms with E-state index in [0.29, 0.717) is 5.69 Å². The van der Waals surface area contributed by atoms with Crippen LogP contribution in [0.2, 0.25) is 0 Å². The SMILES string of the molecule is Cc1cc(NC(=O)N(C)C)ccc1OC(F)(F)C(F)F. The molecule has 1 N–H and O–H groups in total. The Morgan fingerprint density at radius 2 is 1.95 bits per heavy atom. The number of nitrogens with zero attached hydrogens (tertiary/aromatic N) is 1. The van der Waals surface area contributed by atoms with Crippen LogP contribution in [0.5, 0.6) is 5.75 Å². The monoisotopic (exact) mass is 294 g/mol. The van der Waals surface area contributed by atoms with Crippen molar-refractivity contribution in [1.29, 1.82) is 0 Å². The van der Waals surface area contributed by atoms with Crippen molar-refractivity contribution in [3.05, 3.63) is 23.8 Å². The van der Waals surface area contributed by atoms with E-state index in [1.54, 1.807) is 0 Å². The van der Waals surface area contributed by atoms with Crippen molar-refractivity contribution in [3.8, 4) is 5.75 Å². The lowest BCUT2D eigenvalue weighted by Gasteiger charge is -2.19. The molecule has 0 unspecified atom stereocenters. The first-order chi connectivity index (χ1) is 9.13. The highest BCUT2D eigenvalue weighted by Crippen LogP contribution is 2.30. The quantitative estimate of drug-likeness (QED) is 0.865. The number of hydrogen-bond acceptors (Lipinski definition) is 2. The molecule has 2 amide bonds. The fourth-order valence-electron chi connectivity index (χ4n) is 1.27. The molecule has 0 radical (unpaired) electrons.